The van der Waals surface area contributed by atoms with Crippen molar-refractivity contribution in [3.8, 4) is 5.75 Å². The van der Waals surface area contributed by atoms with Gasteiger partial charge in [-0.2, -0.15) is 0 Å². The molecule has 2 heterocycles. The number of halogens is 1. The van der Waals surface area contributed by atoms with E-state index >= 15 is 0 Å². The summed E-state index contributed by atoms with van der Waals surface area (Å²) in [5.74, 6) is 0.291. The molecule has 0 amide bonds. The number of nitrogens with zero attached hydrogens (tertiary/aromatic N) is 1. The molecule has 0 bridgehead atoms. The molecule has 2 rings (SSSR count). The molecule has 16 heavy (non-hydrogen) atoms. The van der Waals surface area contributed by atoms with Crippen molar-refractivity contribution < 1.29 is 9.13 Å². The summed E-state index contributed by atoms with van der Waals surface area (Å²) in [5.41, 5.74) is 6.43. The molecule has 2 aromatic rings. The second-order valence-electron chi connectivity index (χ2n) is 3.23. The third-order valence-corrected chi connectivity index (χ3v) is 3.28. The molecular weight excluding hydrogens is 227 g/mol. The van der Waals surface area contributed by atoms with Crippen LogP contribution in [0.25, 0.3) is 0 Å². The Bertz CT molecular complexity index is 486. The Morgan fingerprint density at radius 1 is 1.50 bits per heavy atom. The normalized spacial score (nSPS) is 12.4. The number of ether oxygens (including phenoxy) is 1. The molecule has 3 nitrogen and oxygen atoms in total. The number of hydrogen-bond acceptors (Lipinski definition) is 4. The van der Waals surface area contributed by atoms with Gasteiger partial charge < -0.3 is 10.5 Å². The van der Waals surface area contributed by atoms with Crippen molar-refractivity contribution in [3.63, 3.8) is 0 Å². The molecule has 1 atom stereocenters. The fourth-order valence-electron chi connectivity index (χ4n) is 1.48. The average molecular weight is 238 g/mol. The second-order valence-corrected chi connectivity index (χ2v) is 4.18. The predicted molar refractivity (Wildman–Crippen MR) is 61.1 cm³/mol. The van der Waals surface area contributed by atoms with E-state index in [0.29, 0.717) is 11.3 Å². The van der Waals surface area contributed by atoms with E-state index in [-0.39, 0.29) is 0 Å². The van der Waals surface area contributed by atoms with Crippen LogP contribution in [0.4, 0.5) is 4.39 Å². The minimum absolute atomic E-state index is 0.398. The lowest BCUT2D eigenvalue weighted by Gasteiger charge is -2.12. The van der Waals surface area contributed by atoms with Gasteiger partial charge in [-0.25, -0.2) is 4.39 Å². The van der Waals surface area contributed by atoms with Crippen LogP contribution in [0, 0.1) is 5.82 Å². The zero-order chi connectivity index (χ0) is 11.5. The number of nitrogens with two attached hydrogens (primary N) is 1. The zero-order valence-corrected chi connectivity index (χ0v) is 9.50. The standard InChI is InChI=1S/C11H11FN2OS/c1-15-9-3-5-16-11(9)10(13)7-2-4-14-6-8(7)12/h2-6,10H,13H2,1H3. The third kappa shape index (κ3) is 1.91. The SMILES string of the molecule is COc1ccsc1C(N)c1ccncc1F. The van der Waals surface area contributed by atoms with E-state index in [2.05, 4.69) is 4.98 Å². The van der Waals surface area contributed by atoms with Crippen molar-refractivity contribution in [2.24, 2.45) is 5.73 Å². The van der Waals surface area contributed by atoms with E-state index in [1.54, 1.807) is 13.2 Å². The average Bonchev–Trinajstić information content (AvgIpc) is 2.77. The van der Waals surface area contributed by atoms with Gasteiger partial charge in [0.2, 0.25) is 0 Å². The van der Waals surface area contributed by atoms with Crippen LogP contribution in [-0.2, 0) is 0 Å². The molecule has 0 aromatic carbocycles. The van der Waals surface area contributed by atoms with Crippen LogP contribution in [0.1, 0.15) is 16.5 Å². The minimum atomic E-state index is -0.516. The van der Waals surface area contributed by atoms with Crippen LogP contribution in [-0.4, -0.2) is 12.1 Å². The first-order valence-corrected chi connectivity index (χ1v) is 5.58. The molecule has 0 spiro atoms. The quantitative estimate of drug-likeness (QED) is 0.892. The van der Waals surface area contributed by atoms with E-state index in [1.165, 1.54) is 17.5 Å². The molecule has 84 valence electrons. The maximum absolute atomic E-state index is 13.5. The van der Waals surface area contributed by atoms with Crippen LogP contribution >= 0.6 is 11.3 Å². The monoisotopic (exact) mass is 238 g/mol. The van der Waals surface area contributed by atoms with Gasteiger partial charge in [-0.15, -0.1) is 11.3 Å². The van der Waals surface area contributed by atoms with Gasteiger partial charge in [0.25, 0.3) is 0 Å². The van der Waals surface area contributed by atoms with Gasteiger partial charge in [-0.3, -0.25) is 4.98 Å². The molecule has 0 fully saturated rings. The smallest absolute Gasteiger partial charge is 0.146 e. The molecule has 0 aliphatic heterocycles. The van der Waals surface area contributed by atoms with Crippen LogP contribution in [0.15, 0.2) is 29.9 Å². The Labute approximate surface area is 96.7 Å². The molecule has 5 heteroatoms. The molecular formula is C11H11FN2OS. The number of aromatic nitrogens is 1. The topological polar surface area (TPSA) is 48.1 Å². The van der Waals surface area contributed by atoms with Crippen molar-refractivity contribution in [1.82, 2.24) is 4.98 Å². The Hall–Kier alpha value is -1.46. The zero-order valence-electron chi connectivity index (χ0n) is 8.68. The molecule has 0 saturated heterocycles. The summed E-state index contributed by atoms with van der Waals surface area (Å²) < 4.78 is 18.6. The summed E-state index contributed by atoms with van der Waals surface area (Å²) in [5, 5.41) is 1.87. The number of hydrogen-bond donors (Lipinski definition) is 1. The Balaban J connectivity index is 2.39. The Kier molecular flexibility index (Phi) is 3.17. The lowest BCUT2D eigenvalue weighted by Crippen LogP contribution is -2.13. The summed E-state index contributed by atoms with van der Waals surface area (Å²) in [6.07, 6.45) is 2.69. The van der Waals surface area contributed by atoms with Gasteiger partial charge in [-0.1, -0.05) is 0 Å². The van der Waals surface area contributed by atoms with E-state index in [0.717, 1.165) is 11.1 Å². The van der Waals surface area contributed by atoms with Crippen molar-refractivity contribution >= 4 is 11.3 Å². The van der Waals surface area contributed by atoms with Crippen LogP contribution < -0.4 is 10.5 Å². The van der Waals surface area contributed by atoms with Gasteiger partial charge in [-0.05, 0) is 17.5 Å². The highest BCUT2D eigenvalue weighted by atomic mass is 32.1. The highest BCUT2D eigenvalue weighted by molar-refractivity contribution is 7.10. The fourth-order valence-corrected chi connectivity index (χ4v) is 2.36. The molecule has 2 N–H and O–H groups in total. The van der Waals surface area contributed by atoms with Crippen molar-refractivity contribution in [2.45, 2.75) is 6.04 Å². The van der Waals surface area contributed by atoms with Gasteiger partial charge in [0.15, 0.2) is 0 Å². The molecule has 0 aliphatic rings. The van der Waals surface area contributed by atoms with E-state index in [9.17, 15) is 4.39 Å². The predicted octanol–water partition coefficient (Wildman–Crippen LogP) is 2.34. The summed E-state index contributed by atoms with van der Waals surface area (Å²) in [6.45, 7) is 0. The fraction of sp³-hybridized carbons (Fsp3) is 0.182. The molecule has 2 aromatic heterocycles. The van der Waals surface area contributed by atoms with Gasteiger partial charge in [0.05, 0.1) is 24.2 Å². The molecule has 0 saturated carbocycles. The van der Waals surface area contributed by atoms with Gasteiger partial charge in [0, 0.05) is 11.8 Å². The Morgan fingerprint density at radius 3 is 3.00 bits per heavy atom. The summed E-state index contributed by atoms with van der Waals surface area (Å²) in [6, 6.07) is 2.89. The minimum Gasteiger partial charge on any atom is -0.496 e. The van der Waals surface area contributed by atoms with Crippen LogP contribution in [0.3, 0.4) is 0 Å². The number of pyridine rings is 1. The summed E-state index contributed by atoms with van der Waals surface area (Å²) >= 11 is 1.45. The highest BCUT2D eigenvalue weighted by Gasteiger charge is 2.18. The second kappa shape index (κ2) is 4.59. The van der Waals surface area contributed by atoms with Crippen molar-refractivity contribution in [2.75, 3.05) is 7.11 Å². The van der Waals surface area contributed by atoms with E-state index in [4.69, 9.17) is 10.5 Å². The number of rotatable bonds is 3. The van der Waals surface area contributed by atoms with Crippen molar-refractivity contribution in [3.05, 3.63) is 46.2 Å². The maximum Gasteiger partial charge on any atom is 0.146 e. The maximum atomic E-state index is 13.5. The van der Waals surface area contributed by atoms with Gasteiger partial charge >= 0.3 is 0 Å². The first kappa shape index (κ1) is 11.0. The molecule has 1 unspecified atom stereocenters. The molecule has 0 radical (unpaired) electrons. The lowest BCUT2D eigenvalue weighted by molar-refractivity contribution is 0.410. The van der Waals surface area contributed by atoms with Crippen LogP contribution in [0.2, 0.25) is 0 Å². The summed E-state index contributed by atoms with van der Waals surface area (Å²) in [7, 11) is 1.57. The third-order valence-electron chi connectivity index (χ3n) is 2.30. The lowest BCUT2D eigenvalue weighted by atomic mass is 10.1. The van der Waals surface area contributed by atoms with E-state index in [1.807, 2.05) is 11.4 Å². The first-order valence-electron chi connectivity index (χ1n) is 4.70. The van der Waals surface area contributed by atoms with Gasteiger partial charge in [0.1, 0.15) is 11.6 Å². The summed E-state index contributed by atoms with van der Waals surface area (Å²) in [4.78, 5) is 4.51. The first-order chi connectivity index (χ1) is 7.74. The highest BCUT2D eigenvalue weighted by Crippen LogP contribution is 2.33. The number of methoxy groups -OCH3 is 1. The largest absolute Gasteiger partial charge is 0.496 e. The van der Waals surface area contributed by atoms with Crippen LogP contribution in [0.5, 0.6) is 5.75 Å². The Morgan fingerprint density at radius 2 is 2.31 bits per heavy atom. The number of thiophene rings is 1. The van der Waals surface area contributed by atoms with Crippen molar-refractivity contribution in [1.29, 1.82) is 0 Å². The molecule has 0 aliphatic carbocycles. The van der Waals surface area contributed by atoms with E-state index < -0.39 is 11.9 Å².